The molecule has 0 saturated carbocycles. The highest BCUT2D eigenvalue weighted by molar-refractivity contribution is 6.34. The molecule has 0 radical (unpaired) electrons. The van der Waals surface area contributed by atoms with Crippen LogP contribution in [0.4, 0.5) is 0 Å². The maximum absolute atomic E-state index is 12.3. The van der Waals surface area contributed by atoms with Crippen molar-refractivity contribution in [2.45, 2.75) is 0 Å². The van der Waals surface area contributed by atoms with Crippen LogP contribution in [0.2, 0.25) is 5.02 Å². The number of carbonyl (C=O) groups excluding carboxylic acids is 1. The van der Waals surface area contributed by atoms with Crippen molar-refractivity contribution < 1.29 is 23.4 Å². The van der Waals surface area contributed by atoms with Gasteiger partial charge in [-0.25, -0.2) is 4.79 Å². The van der Waals surface area contributed by atoms with Crippen LogP contribution >= 0.6 is 11.6 Å². The van der Waals surface area contributed by atoms with Gasteiger partial charge >= 0.3 is 5.97 Å². The van der Waals surface area contributed by atoms with Crippen molar-refractivity contribution in [3.05, 3.63) is 63.8 Å². The minimum absolute atomic E-state index is 0.109. The van der Waals surface area contributed by atoms with Gasteiger partial charge in [-0.2, -0.15) is 0 Å². The third-order valence-corrected chi connectivity index (χ3v) is 4.09. The molecule has 0 aliphatic rings. The third kappa shape index (κ3) is 4.67. The average molecular weight is 389 g/mol. The fourth-order valence-electron chi connectivity index (χ4n) is 2.43. The van der Waals surface area contributed by atoms with E-state index in [1.54, 1.807) is 42.5 Å². The van der Waals surface area contributed by atoms with Crippen molar-refractivity contribution in [2.75, 3.05) is 26.9 Å². The first kappa shape index (κ1) is 18.9. The summed E-state index contributed by atoms with van der Waals surface area (Å²) in [4.78, 5) is 23.2. The number of carbonyl (C=O) groups is 1. The Morgan fingerprint density at radius 1 is 1.11 bits per heavy atom. The van der Waals surface area contributed by atoms with Crippen LogP contribution < -0.4 is 10.2 Å². The number of para-hydroxylation sites is 1. The number of halogens is 1. The topological polar surface area (TPSA) is 75.0 Å². The van der Waals surface area contributed by atoms with E-state index in [2.05, 4.69) is 4.74 Å². The molecule has 0 bridgehead atoms. The Bertz CT molecular complexity index is 994. The second-order valence-electron chi connectivity index (χ2n) is 5.59. The largest absolute Gasteiger partial charge is 0.491 e. The summed E-state index contributed by atoms with van der Waals surface area (Å²) in [5.74, 6) is 0.617. The average Bonchev–Trinajstić information content (AvgIpc) is 2.68. The zero-order valence-electron chi connectivity index (χ0n) is 14.6. The maximum atomic E-state index is 12.3. The van der Waals surface area contributed by atoms with Crippen LogP contribution in [0.25, 0.3) is 22.3 Å². The summed E-state index contributed by atoms with van der Waals surface area (Å²) in [6.07, 6.45) is 0. The SMILES string of the molecule is COC(=O)COCCOc1ccc(-c2cc(=O)c3cccc(Cl)c3o2)cc1. The first-order valence-electron chi connectivity index (χ1n) is 8.18. The number of hydrogen-bond donors (Lipinski definition) is 0. The van der Waals surface area contributed by atoms with E-state index < -0.39 is 5.97 Å². The summed E-state index contributed by atoms with van der Waals surface area (Å²) in [5.41, 5.74) is 0.935. The number of benzene rings is 2. The van der Waals surface area contributed by atoms with Gasteiger partial charge in [-0.3, -0.25) is 4.79 Å². The van der Waals surface area contributed by atoms with Crippen molar-refractivity contribution >= 4 is 28.5 Å². The van der Waals surface area contributed by atoms with Crippen molar-refractivity contribution in [3.8, 4) is 17.1 Å². The number of fused-ring (bicyclic) bond motifs is 1. The lowest BCUT2D eigenvalue weighted by Crippen LogP contribution is -2.14. The van der Waals surface area contributed by atoms with Gasteiger partial charge in [-0.1, -0.05) is 17.7 Å². The normalized spacial score (nSPS) is 10.7. The molecule has 1 aromatic heterocycles. The lowest BCUT2D eigenvalue weighted by Gasteiger charge is -2.08. The monoisotopic (exact) mass is 388 g/mol. The number of esters is 1. The van der Waals surface area contributed by atoms with E-state index in [0.29, 0.717) is 27.5 Å². The van der Waals surface area contributed by atoms with Gasteiger partial charge in [0, 0.05) is 11.6 Å². The number of methoxy groups -OCH3 is 1. The van der Waals surface area contributed by atoms with Gasteiger partial charge in [-0.15, -0.1) is 0 Å². The molecule has 3 rings (SSSR count). The predicted octanol–water partition coefficient (Wildman–Crippen LogP) is 3.68. The van der Waals surface area contributed by atoms with Crippen molar-refractivity contribution in [1.29, 1.82) is 0 Å². The maximum Gasteiger partial charge on any atom is 0.331 e. The van der Waals surface area contributed by atoms with Crippen LogP contribution in [0.15, 0.2) is 57.7 Å². The summed E-state index contributed by atoms with van der Waals surface area (Å²) < 4.78 is 20.9. The molecule has 0 amide bonds. The zero-order chi connectivity index (χ0) is 19.2. The van der Waals surface area contributed by atoms with Crippen LogP contribution in [0, 0.1) is 0 Å². The van der Waals surface area contributed by atoms with Gasteiger partial charge in [0.1, 0.15) is 24.7 Å². The van der Waals surface area contributed by atoms with Gasteiger partial charge in [0.15, 0.2) is 11.0 Å². The molecule has 140 valence electrons. The summed E-state index contributed by atoms with van der Waals surface area (Å²) in [7, 11) is 1.30. The van der Waals surface area contributed by atoms with Crippen LogP contribution in [-0.2, 0) is 14.3 Å². The first-order chi connectivity index (χ1) is 13.1. The minimum atomic E-state index is -0.434. The van der Waals surface area contributed by atoms with Gasteiger partial charge in [0.25, 0.3) is 0 Å². The molecule has 7 heteroatoms. The molecule has 2 aromatic carbocycles. The Hall–Kier alpha value is -2.83. The molecular formula is C20H17ClO6. The van der Waals surface area contributed by atoms with E-state index in [4.69, 9.17) is 25.5 Å². The van der Waals surface area contributed by atoms with E-state index >= 15 is 0 Å². The molecule has 0 saturated heterocycles. The lowest BCUT2D eigenvalue weighted by atomic mass is 10.1. The molecule has 6 nitrogen and oxygen atoms in total. The Balaban J connectivity index is 1.67. The third-order valence-electron chi connectivity index (χ3n) is 3.79. The highest BCUT2D eigenvalue weighted by atomic mass is 35.5. The van der Waals surface area contributed by atoms with Crippen molar-refractivity contribution in [2.24, 2.45) is 0 Å². The smallest absolute Gasteiger partial charge is 0.331 e. The standard InChI is InChI=1S/C20H17ClO6/c1-24-19(23)12-25-9-10-26-14-7-5-13(6-8-14)18-11-17(22)15-3-2-4-16(21)20(15)27-18/h2-8,11H,9-10,12H2,1H3. The van der Waals surface area contributed by atoms with Gasteiger partial charge in [0.05, 0.1) is 24.1 Å². The molecular weight excluding hydrogens is 372 g/mol. The van der Waals surface area contributed by atoms with Gasteiger partial charge in [0.2, 0.25) is 0 Å². The van der Waals surface area contributed by atoms with E-state index in [1.807, 2.05) is 0 Å². The summed E-state index contributed by atoms with van der Waals surface area (Å²) >= 11 is 6.13. The van der Waals surface area contributed by atoms with Crippen LogP contribution in [0.5, 0.6) is 5.75 Å². The predicted molar refractivity (Wildman–Crippen MR) is 101 cm³/mol. The van der Waals surface area contributed by atoms with Crippen LogP contribution in [0.3, 0.4) is 0 Å². The fourth-order valence-corrected chi connectivity index (χ4v) is 2.65. The molecule has 27 heavy (non-hydrogen) atoms. The molecule has 0 unspecified atom stereocenters. The molecule has 1 heterocycles. The molecule has 0 spiro atoms. The molecule has 3 aromatic rings. The van der Waals surface area contributed by atoms with Gasteiger partial charge in [-0.05, 0) is 36.4 Å². The highest BCUT2D eigenvalue weighted by Gasteiger charge is 2.09. The fraction of sp³-hybridized carbons (Fsp3) is 0.200. The number of rotatable bonds is 7. The zero-order valence-corrected chi connectivity index (χ0v) is 15.3. The van der Waals surface area contributed by atoms with Crippen molar-refractivity contribution in [1.82, 2.24) is 0 Å². The molecule has 0 N–H and O–H groups in total. The molecule has 0 aliphatic heterocycles. The van der Waals surface area contributed by atoms with Crippen LogP contribution in [0.1, 0.15) is 0 Å². The summed E-state index contributed by atoms with van der Waals surface area (Å²) in [6.45, 7) is 0.439. The van der Waals surface area contributed by atoms with E-state index in [0.717, 1.165) is 5.56 Å². The van der Waals surface area contributed by atoms with E-state index in [9.17, 15) is 9.59 Å². The lowest BCUT2D eigenvalue weighted by molar-refractivity contribution is -0.146. The van der Waals surface area contributed by atoms with Crippen LogP contribution in [-0.4, -0.2) is 32.9 Å². The van der Waals surface area contributed by atoms with Crippen molar-refractivity contribution in [3.63, 3.8) is 0 Å². The number of hydrogen-bond acceptors (Lipinski definition) is 6. The van der Waals surface area contributed by atoms with E-state index in [-0.39, 0.29) is 25.2 Å². The molecule has 0 atom stereocenters. The quantitative estimate of drug-likeness (QED) is 0.454. The Labute approximate surface area is 160 Å². The minimum Gasteiger partial charge on any atom is -0.491 e. The van der Waals surface area contributed by atoms with Gasteiger partial charge < -0.3 is 18.6 Å². The molecule has 0 fully saturated rings. The summed E-state index contributed by atoms with van der Waals surface area (Å²) in [6, 6.07) is 13.6. The molecule has 0 aliphatic carbocycles. The second-order valence-corrected chi connectivity index (χ2v) is 6.00. The summed E-state index contributed by atoms with van der Waals surface area (Å²) in [5, 5.41) is 0.830. The number of ether oxygens (including phenoxy) is 3. The Morgan fingerprint density at radius 3 is 2.63 bits per heavy atom. The second kappa shape index (κ2) is 8.70. The Kier molecular flexibility index (Phi) is 6.11. The first-order valence-corrected chi connectivity index (χ1v) is 8.56. The Morgan fingerprint density at radius 2 is 1.89 bits per heavy atom. The van der Waals surface area contributed by atoms with E-state index in [1.165, 1.54) is 13.2 Å². The highest BCUT2D eigenvalue weighted by Crippen LogP contribution is 2.27.